The normalized spacial score (nSPS) is 20.3. The van der Waals surface area contributed by atoms with Gasteiger partial charge in [-0.05, 0) is 24.6 Å². The number of aliphatic hydroxyl groups is 1. The van der Waals surface area contributed by atoms with Crippen molar-refractivity contribution in [3.63, 3.8) is 0 Å². The molecule has 0 aromatic heterocycles. The van der Waals surface area contributed by atoms with Crippen LogP contribution in [0.1, 0.15) is 44.1 Å². The Morgan fingerprint density at radius 2 is 2.25 bits per heavy atom. The molecule has 110 valence electrons. The fourth-order valence-corrected chi connectivity index (χ4v) is 2.77. The van der Waals surface area contributed by atoms with Gasteiger partial charge < -0.3 is 14.6 Å². The van der Waals surface area contributed by atoms with Gasteiger partial charge in [0, 0.05) is 24.5 Å². The number of ether oxygens (including phenoxy) is 2. The molecule has 1 aromatic carbocycles. The van der Waals surface area contributed by atoms with Crippen LogP contribution in [0.3, 0.4) is 0 Å². The summed E-state index contributed by atoms with van der Waals surface area (Å²) < 4.78 is 11.6. The SMILES string of the molecule is C=CCOc1ccc2c(c1)C(CCCC)C(CCO)O2. The molecule has 3 nitrogen and oxygen atoms in total. The van der Waals surface area contributed by atoms with Gasteiger partial charge in [0.2, 0.25) is 0 Å². The minimum absolute atomic E-state index is 0.0937. The first kappa shape index (κ1) is 14.9. The van der Waals surface area contributed by atoms with Crippen LogP contribution in [0.4, 0.5) is 0 Å². The highest BCUT2D eigenvalue weighted by atomic mass is 16.5. The van der Waals surface area contributed by atoms with Gasteiger partial charge in [0.05, 0.1) is 0 Å². The molecular weight excluding hydrogens is 252 g/mol. The lowest BCUT2D eigenvalue weighted by molar-refractivity contribution is 0.151. The number of fused-ring (bicyclic) bond motifs is 1. The van der Waals surface area contributed by atoms with Crippen LogP contribution in [0.15, 0.2) is 30.9 Å². The highest BCUT2D eigenvalue weighted by molar-refractivity contribution is 5.46. The van der Waals surface area contributed by atoms with Crippen LogP contribution in [-0.4, -0.2) is 24.4 Å². The van der Waals surface area contributed by atoms with Crippen molar-refractivity contribution in [2.45, 2.75) is 44.6 Å². The molecule has 0 amide bonds. The summed E-state index contributed by atoms with van der Waals surface area (Å²) in [6.45, 7) is 6.54. The smallest absolute Gasteiger partial charge is 0.123 e. The van der Waals surface area contributed by atoms with E-state index in [0.29, 0.717) is 18.9 Å². The zero-order valence-corrected chi connectivity index (χ0v) is 12.2. The average molecular weight is 276 g/mol. The van der Waals surface area contributed by atoms with E-state index >= 15 is 0 Å². The second-order valence-electron chi connectivity index (χ2n) is 5.22. The van der Waals surface area contributed by atoms with Gasteiger partial charge in [-0.3, -0.25) is 0 Å². The molecule has 0 radical (unpaired) electrons. The third-order valence-corrected chi connectivity index (χ3v) is 3.76. The predicted octanol–water partition coefficient (Wildman–Crippen LogP) is 3.67. The van der Waals surface area contributed by atoms with Crippen molar-refractivity contribution in [2.24, 2.45) is 0 Å². The first-order chi connectivity index (χ1) is 9.80. The van der Waals surface area contributed by atoms with Crippen LogP contribution in [0.25, 0.3) is 0 Å². The van der Waals surface area contributed by atoms with Gasteiger partial charge in [0.1, 0.15) is 24.2 Å². The van der Waals surface area contributed by atoms with Crippen molar-refractivity contribution in [3.05, 3.63) is 36.4 Å². The van der Waals surface area contributed by atoms with Gasteiger partial charge in [-0.25, -0.2) is 0 Å². The van der Waals surface area contributed by atoms with Crippen LogP contribution >= 0.6 is 0 Å². The summed E-state index contributed by atoms with van der Waals surface area (Å²) in [5.74, 6) is 2.17. The van der Waals surface area contributed by atoms with Crippen molar-refractivity contribution < 1.29 is 14.6 Å². The van der Waals surface area contributed by atoms with Crippen LogP contribution in [-0.2, 0) is 0 Å². The van der Waals surface area contributed by atoms with Crippen LogP contribution < -0.4 is 9.47 Å². The molecule has 1 aliphatic heterocycles. The van der Waals surface area contributed by atoms with Crippen molar-refractivity contribution in [2.75, 3.05) is 13.2 Å². The molecule has 2 unspecified atom stereocenters. The largest absolute Gasteiger partial charge is 0.490 e. The number of rotatable bonds is 8. The summed E-state index contributed by atoms with van der Waals surface area (Å²) in [6, 6.07) is 5.99. The third-order valence-electron chi connectivity index (χ3n) is 3.76. The maximum atomic E-state index is 9.20. The lowest BCUT2D eigenvalue weighted by Crippen LogP contribution is -2.20. The Balaban J connectivity index is 2.18. The number of benzene rings is 1. The highest BCUT2D eigenvalue weighted by Crippen LogP contribution is 2.43. The van der Waals surface area contributed by atoms with E-state index in [4.69, 9.17) is 9.47 Å². The lowest BCUT2D eigenvalue weighted by atomic mass is 9.89. The van der Waals surface area contributed by atoms with Crippen molar-refractivity contribution in [1.29, 1.82) is 0 Å². The van der Waals surface area contributed by atoms with Crippen LogP contribution in [0.2, 0.25) is 0 Å². The Bertz CT molecular complexity index is 442. The van der Waals surface area contributed by atoms with Gasteiger partial charge >= 0.3 is 0 Å². The quantitative estimate of drug-likeness (QED) is 0.736. The molecule has 1 N–H and O–H groups in total. The Hall–Kier alpha value is -1.48. The van der Waals surface area contributed by atoms with Crippen molar-refractivity contribution in [3.8, 4) is 11.5 Å². The third kappa shape index (κ3) is 3.34. The standard InChI is InChI=1S/C17H24O3/c1-3-5-6-14-15-12-13(19-11-4-2)7-8-16(15)20-17(14)9-10-18/h4,7-8,12,14,17-18H,2-3,5-6,9-11H2,1H3. The zero-order chi connectivity index (χ0) is 14.4. The average Bonchev–Trinajstić information content (AvgIpc) is 2.80. The molecule has 0 saturated heterocycles. The van der Waals surface area contributed by atoms with Crippen molar-refractivity contribution in [1.82, 2.24) is 0 Å². The molecule has 0 saturated carbocycles. The Morgan fingerprint density at radius 3 is 2.95 bits per heavy atom. The fourth-order valence-electron chi connectivity index (χ4n) is 2.77. The number of unbranched alkanes of at least 4 members (excludes halogenated alkanes) is 1. The minimum Gasteiger partial charge on any atom is -0.490 e. The van der Waals surface area contributed by atoms with E-state index in [9.17, 15) is 5.11 Å². The first-order valence-corrected chi connectivity index (χ1v) is 7.45. The number of aliphatic hydroxyl groups excluding tert-OH is 1. The number of hydrogen-bond donors (Lipinski definition) is 1. The van der Waals surface area contributed by atoms with E-state index in [1.807, 2.05) is 12.1 Å². The summed E-state index contributed by atoms with van der Waals surface area (Å²) in [7, 11) is 0. The van der Waals surface area contributed by atoms with Gasteiger partial charge in [0.25, 0.3) is 0 Å². The summed E-state index contributed by atoms with van der Waals surface area (Å²) in [4.78, 5) is 0. The second-order valence-corrected chi connectivity index (χ2v) is 5.22. The highest BCUT2D eigenvalue weighted by Gasteiger charge is 2.33. The van der Waals surface area contributed by atoms with E-state index in [1.54, 1.807) is 6.08 Å². The molecule has 0 bridgehead atoms. The first-order valence-electron chi connectivity index (χ1n) is 7.45. The minimum atomic E-state index is 0.0937. The topological polar surface area (TPSA) is 38.7 Å². The van der Waals surface area contributed by atoms with Crippen molar-refractivity contribution >= 4 is 0 Å². The van der Waals surface area contributed by atoms with E-state index in [-0.39, 0.29) is 12.7 Å². The molecule has 0 aliphatic carbocycles. The monoisotopic (exact) mass is 276 g/mol. The summed E-state index contributed by atoms with van der Waals surface area (Å²) >= 11 is 0. The maximum Gasteiger partial charge on any atom is 0.123 e. The van der Waals surface area contributed by atoms with Gasteiger partial charge in [0.15, 0.2) is 0 Å². The molecule has 2 atom stereocenters. The van der Waals surface area contributed by atoms with Gasteiger partial charge in [-0.15, -0.1) is 0 Å². The molecule has 1 aliphatic rings. The van der Waals surface area contributed by atoms with Gasteiger partial charge in [-0.2, -0.15) is 0 Å². The molecule has 2 rings (SSSR count). The fraction of sp³-hybridized carbons (Fsp3) is 0.529. The molecule has 3 heteroatoms. The maximum absolute atomic E-state index is 9.20. The molecule has 0 fully saturated rings. The summed E-state index contributed by atoms with van der Waals surface area (Å²) in [5, 5.41) is 9.20. The van der Waals surface area contributed by atoms with E-state index in [2.05, 4.69) is 19.6 Å². The van der Waals surface area contributed by atoms with E-state index in [1.165, 1.54) is 18.4 Å². The van der Waals surface area contributed by atoms with Crippen LogP contribution in [0.5, 0.6) is 11.5 Å². The molecule has 20 heavy (non-hydrogen) atoms. The van der Waals surface area contributed by atoms with E-state index in [0.717, 1.165) is 17.9 Å². The Labute approximate surface area is 121 Å². The molecule has 0 spiro atoms. The molecule has 1 heterocycles. The van der Waals surface area contributed by atoms with Gasteiger partial charge in [-0.1, -0.05) is 32.4 Å². The molecule has 1 aromatic rings. The van der Waals surface area contributed by atoms with Crippen LogP contribution in [0, 0.1) is 0 Å². The Morgan fingerprint density at radius 1 is 1.40 bits per heavy atom. The number of hydrogen-bond acceptors (Lipinski definition) is 3. The zero-order valence-electron chi connectivity index (χ0n) is 12.2. The second kappa shape index (κ2) is 7.34. The van der Waals surface area contributed by atoms with E-state index < -0.39 is 0 Å². The summed E-state index contributed by atoms with van der Waals surface area (Å²) in [5.41, 5.74) is 1.22. The Kier molecular flexibility index (Phi) is 5.48. The molecular formula is C17H24O3. The lowest BCUT2D eigenvalue weighted by Gasteiger charge is -2.18. The summed E-state index contributed by atoms with van der Waals surface area (Å²) in [6.07, 6.45) is 5.96. The predicted molar refractivity (Wildman–Crippen MR) is 80.5 cm³/mol.